The van der Waals surface area contributed by atoms with Crippen LogP contribution in [0.1, 0.15) is 43.7 Å². The second kappa shape index (κ2) is 16.5. The number of halogens is 2. The molecule has 0 heterocycles. The van der Waals surface area contributed by atoms with Gasteiger partial charge in [-0.15, -0.1) is 0 Å². The lowest BCUT2D eigenvalue weighted by Crippen LogP contribution is -2.50. The molecule has 0 spiro atoms. The van der Waals surface area contributed by atoms with E-state index in [-0.39, 0.29) is 42.8 Å². The van der Waals surface area contributed by atoms with Gasteiger partial charge >= 0.3 is 0 Å². The summed E-state index contributed by atoms with van der Waals surface area (Å²) in [5.74, 6) is -0.0680. The van der Waals surface area contributed by atoms with E-state index in [9.17, 15) is 18.0 Å². The molecule has 0 saturated carbocycles. The normalized spacial score (nSPS) is 11.9. The van der Waals surface area contributed by atoms with Crippen LogP contribution >= 0.6 is 23.2 Å². The maximum absolute atomic E-state index is 13.9. The molecule has 3 rings (SSSR count). The van der Waals surface area contributed by atoms with Gasteiger partial charge in [-0.3, -0.25) is 13.9 Å². The summed E-state index contributed by atoms with van der Waals surface area (Å²) in [6.07, 6.45) is 3.44. The number of anilines is 1. The fourth-order valence-electron chi connectivity index (χ4n) is 4.66. The third kappa shape index (κ3) is 10.4. The van der Waals surface area contributed by atoms with Gasteiger partial charge in [-0.05, 0) is 54.3 Å². The smallest absolute Gasteiger partial charge is 0.243 e. The summed E-state index contributed by atoms with van der Waals surface area (Å²) in [7, 11) is -2.20. The molecular formula is C32H39Cl2N3O5S. The number of carbonyl (C=O) groups is 2. The second-order valence-corrected chi connectivity index (χ2v) is 13.0. The molecule has 11 heteroatoms. The van der Waals surface area contributed by atoms with Crippen molar-refractivity contribution >= 4 is 50.7 Å². The lowest BCUT2D eigenvalue weighted by atomic mass is 10.0. The van der Waals surface area contributed by atoms with E-state index in [1.54, 1.807) is 29.2 Å². The first-order chi connectivity index (χ1) is 20.5. The zero-order chi connectivity index (χ0) is 31.4. The van der Waals surface area contributed by atoms with Crippen LogP contribution in [-0.2, 0) is 32.6 Å². The molecule has 0 saturated heterocycles. The van der Waals surface area contributed by atoms with Crippen LogP contribution in [0.4, 0.5) is 5.69 Å². The molecule has 0 aliphatic rings. The fraction of sp³-hybridized carbons (Fsp3) is 0.375. The fourth-order valence-corrected chi connectivity index (χ4v) is 6.00. The summed E-state index contributed by atoms with van der Waals surface area (Å²) in [5.41, 5.74) is 2.12. The van der Waals surface area contributed by atoms with Crippen molar-refractivity contribution in [2.24, 2.45) is 0 Å². The van der Waals surface area contributed by atoms with Gasteiger partial charge in [0.1, 0.15) is 11.8 Å². The van der Waals surface area contributed by atoms with Crippen LogP contribution in [-0.4, -0.2) is 57.6 Å². The van der Waals surface area contributed by atoms with Crippen LogP contribution in [0.5, 0.6) is 5.75 Å². The molecule has 0 unspecified atom stereocenters. The predicted octanol–water partition coefficient (Wildman–Crippen LogP) is 6.10. The van der Waals surface area contributed by atoms with E-state index >= 15 is 0 Å². The average molecular weight is 649 g/mol. The molecule has 0 bridgehead atoms. The van der Waals surface area contributed by atoms with Crippen LogP contribution in [0.15, 0.2) is 72.8 Å². The largest absolute Gasteiger partial charge is 0.495 e. The van der Waals surface area contributed by atoms with E-state index in [2.05, 4.69) is 5.32 Å². The Kier molecular flexibility index (Phi) is 13.2. The molecule has 1 atom stereocenters. The van der Waals surface area contributed by atoms with Crippen molar-refractivity contribution in [3.63, 3.8) is 0 Å². The Hall–Kier alpha value is -3.27. The first kappa shape index (κ1) is 34.2. The number of unbranched alkanes of at least 4 members (excludes halogenated alkanes) is 1. The Morgan fingerprint density at radius 3 is 2.26 bits per heavy atom. The number of nitrogens with zero attached hydrogens (tertiary/aromatic N) is 2. The third-order valence-corrected chi connectivity index (χ3v) is 8.68. The number of ether oxygens (including phenoxy) is 1. The third-order valence-electron chi connectivity index (χ3n) is 6.94. The molecule has 3 aromatic rings. The van der Waals surface area contributed by atoms with Crippen LogP contribution < -0.4 is 14.4 Å². The van der Waals surface area contributed by atoms with Crippen molar-refractivity contribution in [2.75, 3.05) is 30.8 Å². The minimum atomic E-state index is -3.68. The van der Waals surface area contributed by atoms with Gasteiger partial charge in [-0.2, -0.15) is 0 Å². The zero-order valence-electron chi connectivity index (χ0n) is 24.8. The Morgan fingerprint density at radius 2 is 1.65 bits per heavy atom. The maximum atomic E-state index is 13.9. The van der Waals surface area contributed by atoms with Crippen LogP contribution in [0, 0.1) is 0 Å². The Balaban J connectivity index is 1.87. The van der Waals surface area contributed by atoms with Crippen molar-refractivity contribution in [2.45, 2.75) is 51.6 Å². The highest BCUT2D eigenvalue weighted by molar-refractivity contribution is 7.92. The standard InChI is InChI=1S/C32H39Cl2N3O5S/c1-4-5-19-35-32(39)29(21-24-10-7-6-8-11-24)36(23-25-13-15-26(33)16-14-25)31(38)12-9-20-37(43(3,40)41)27-17-18-30(42-2)28(34)22-27/h6-8,10-11,13-18,22,29H,4-5,9,12,19-21,23H2,1-3H3,(H,35,39)/t29-/m0/s1. The van der Waals surface area contributed by atoms with Crippen molar-refractivity contribution in [1.82, 2.24) is 10.2 Å². The summed E-state index contributed by atoms with van der Waals surface area (Å²) < 4.78 is 31.8. The first-order valence-corrected chi connectivity index (χ1v) is 16.8. The highest BCUT2D eigenvalue weighted by atomic mass is 35.5. The van der Waals surface area contributed by atoms with Gasteiger partial charge in [0.25, 0.3) is 0 Å². The summed E-state index contributed by atoms with van der Waals surface area (Å²) >= 11 is 12.4. The van der Waals surface area contributed by atoms with Crippen molar-refractivity contribution < 1.29 is 22.7 Å². The summed E-state index contributed by atoms with van der Waals surface area (Å²) in [6.45, 7) is 2.80. The summed E-state index contributed by atoms with van der Waals surface area (Å²) in [4.78, 5) is 29.0. The zero-order valence-corrected chi connectivity index (χ0v) is 27.1. The van der Waals surface area contributed by atoms with Gasteiger partial charge < -0.3 is 15.0 Å². The van der Waals surface area contributed by atoms with Gasteiger partial charge in [0, 0.05) is 37.5 Å². The number of amides is 2. The molecule has 43 heavy (non-hydrogen) atoms. The SMILES string of the molecule is CCCCNC(=O)[C@H](Cc1ccccc1)N(Cc1ccc(Cl)cc1)C(=O)CCCN(c1ccc(OC)c(Cl)c1)S(C)(=O)=O. The van der Waals surface area contributed by atoms with E-state index in [4.69, 9.17) is 27.9 Å². The summed E-state index contributed by atoms with van der Waals surface area (Å²) in [6, 6.07) is 20.7. The number of rotatable bonds is 16. The molecule has 0 radical (unpaired) electrons. The van der Waals surface area contributed by atoms with E-state index < -0.39 is 16.1 Å². The maximum Gasteiger partial charge on any atom is 0.243 e. The quantitative estimate of drug-likeness (QED) is 0.189. The number of hydrogen-bond donors (Lipinski definition) is 1. The lowest BCUT2D eigenvalue weighted by molar-refractivity contribution is -0.141. The molecule has 3 aromatic carbocycles. The van der Waals surface area contributed by atoms with Gasteiger partial charge in [0.15, 0.2) is 0 Å². The van der Waals surface area contributed by atoms with E-state index in [1.807, 2.05) is 49.4 Å². The van der Waals surface area contributed by atoms with Gasteiger partial charge in [0.2, 0.25) is 21.8 Å². The Labute approximate surface area is 265 Å². The minimum absolute atomic E-state index is 0.0248. The van der Waals surface area contributed by atoms with Gasteiger partial charge in [-0.1, -0.05) is 79.0 Å². The van der Waals surface area contributed by atoms with Crippen molar-refractivity contribution in [3.05, 3.63) is 94.0 Å². The van der Waals surface area contributed by atoms with Crippen molar-refractivity contribution in [1.29, 1.82) is 0 Å². The number of benzene rings is 3. The van der Waals surface area contributed by atoms with Gasteiger partial charge in [0.05, 0.1) is 24.1 Å². The number of methoxy groups -OCH3 is 1. The molecule has 1 N–H and O–H groups in total. The van der Waals surface area contributed by atoms with E-state index in [1.165, 1.54) is 17.5 Å². The van der Waals surface area contributed by atoms with E-state index in [0.29, 0.717) is 29.4 Å². The molecule has 2 amide bonds. The van der Waals surface area contributed by atoms with Crippen molar-refractivity contribution in [3.8, 4) is 5.75 Å². The lowest BCUT2D eigenvalue weighted by Gasteiger charge is -2.32. The summed E-state index contributed by atoms with van der Waals surface area (Å²) in [5, 5.41) is 3.84. The molecule has 0 aliphatic heterocycles. The molecule has 0 aromatic heterocycles. The number of hydrogen-bond acceptors (Lipinski definition) is 5. The highest BCUT2D eigenvalue weighted by Crippen LogP contribution is 2.30. The first-order valence-electron chi connectivity index (χ1n) is 14.2. The number of nitrogens with one attached hydrogen (secondary N) is 1. The van der Waals surface area contributed by atoms with Crippen LogP contribution in [0.25, 0.3) is 0 Å². The molecule has 232 valence electrons. The Morgan fingerprint density at radius 1 is 0.953 bits per heavy atom. The van der Waals surface area contributed by atoms with Gasteiger partial charge in [-0.25, -0.2) is 8.42 Å². The van der Waals surface area contributed by atoms with Crippen LogP contribution in [0.2, 0.25) is 10.0 Å². The number of sulfonamides is 1. The molecular weight excluding hydrogens is 609 g/mol. The molecule has 0 aliphatic carbocycles. The molecule has 8 nitrogen and oxygen atoms in total. The minimum Gasteiger partial charge on any atom is -0.495 e. The highest BCUT2D eigenvalue weighted by Gasteiger charge is 2.30. The number of carbonyl (C=O) groups excluding carboxylic acids is 2. The predicted molar refractivity (Wildman–Crippen MR) is 173 cm³/mol. The van der Waals surface area contributed by atoms with E-state index in [0.717, 1.165) is 30.2 Å². The van der Waals surface area contributed by atoms with Crippen LogP contribution in [0.3, 0.4) is 0 Å². The monoisotopic (exact) mass is 647 g/mol. The topological polar surface area (TPSA) is 96.0 Å². The Bertz CT molecular complexity index is 1450. The average Bonchev–Trinajstić information content (AvgIpc) is 2.98. The molecule has 0 fully saturated rings. The second-order valence-electron chi connectivity index (χ2n) is 10.3.